The third-order valence-electron chi connectivity index (χ3n) is 6.20. The van der Waals surface area contributed by atoms with Gasteiger partial charge in [-0.15, -0.1) is 0 Å². The predicted octanol–water partition coefficient (Wildman–Crippen LogP) is 6.89. The summed E-state index contributed by atoms with van der Waals surface area (Å²) < 4.78 is 18.4. The molecule has 5 rings (SSSR count). The Balaban J connectivity index is 0.000000162. The van der Waals surface area contributed by atoms with Gasteiger partial charge in [0.25, 0.3) is 0 Å². The molecule has 0 radical (unpaired) electrons. The van der Waals surface area contributed by atoms with Crippen molar-refractivity contribution in [2.24, 2.45) is 5.92 Å². The molecule has 1 fully saturated rings. The number of hydrogen-bond donors (Lipinski definition) is 1. The molecule has 0 saturated carbocycles. The van der Waals surface area contributed by atoms with Crippen LogP contribution in [0.3, 0.4) is 0 Å². The summed E-state index contributed by atoms with van der Waals surface area (Å²) in [6, 6.07) is 24.0. The van der Waals surface area contributed by atoms with Crippen LogP contribution in [-0.4, -0.2) is 36.2 Å². The molecule has 4 heteroatoms. The normalized spacial score (nSPS) is 15.0. The maximum atomic E-state index is 12.9. The summed E-state index contributed by atoms with van der Waals surface area (Å²) in [5.41, 5.74) is 2.77. The van der Waals surface area contributed by atoms with E-state index in [1.165, 1.54) is 68.5 Å². The maximum absolute atomic E-state index is 12.9. The summed E-state index contributed by atoms with van der Waals surface area (Å²) in [7, 11) is 0. The average molecular weight is 464 g/mol. The van der Waals surface area contributed by atoms with Gasteiger partial charge in [0.05, 0.1) is 0 Å². The molecule has 0 bridgehead atoms. The van der Waals surface area contributed by atoms with Gasteiger partial charge in [0.15, 0.2) is 0 Å². The van der Waals surface area contributed by atoms with E-state index < -0.39 is 0 Å². The molecule has 1 saturated heterocycles. The second-order valence-corrected chi connectivity index (χ2v) is 9.03. The fraction of sp³-hybridized carbons (Fsp3) is 0.400. The molecule has 1 aliphatic carbocycles. The molecule has 0 atom stereocenters. The second-order valence-electron chi connectivity index (χ2n) is 9.03. The standard InChI is InChI=1S/C14H20FNO.C10H12O.C6H6/c1-2-4-12-10-16(11-12)7-8-17-14-6-3-5-13(15)9-14;11-10-6-5-8-3-1-2-4-9(8)7-10;1-2-4-6-5-3-1/h3,5-6,9,12H,2,4,7-8,10-11H2,1H3;5-7,11H,1-4H2;1-6H. The van der Waals surface area contributed by atoms with Gasteiger partial charge in [-0.05, 0) is 73.4 Å². The first kappa shape index (κ1) is 25.8. The Bertz CT molecular complexity index is 930. The van der Waals surface area contributed by atoms with E-state index in [1.54, 1.807) is 18.2 Å². The van der Waals surface area contributed by atoms with Crippen molar-refractivity contribution in [1.29, 1.82) is 0 Å². The van der Waals surface area contributed by atoms with E-state index in [0.717, 1.165) is 18.9 Å². The lowest BCUT2D eigenvalue weighted by molar-refractivity contribution is 0.0772. The van der Waals surface area contributed by atoms with Crippen LogP contribution in [0.25, 0.3) is 0 Å². The highest BCUT2D eigenvalue weighted by molar-refractivity contribution is 5.36. The third kappa shape index (κ3) is 9.18. The van der Waals surface area contributed by atoms with Crippen molar-refractivity contribution in [3.8, 4) is 11.5 Å². The van der Waals surface area contributed by atoms with E-state index in [4.69, 9.17) is 4.74 Å². The molecule has 182 valence electrons. The molecule has 1 N–H and O–H groups in total. The molecule has 0 spiro atoms. The summed E-state index contributed by atoms with van der Waals surface area (Å²) >= 11 is 0. The van der Waals surface area contributed by atoms with Crippen LogP contribution < -0.4 is 4.74 Å². The molecule has 1 aliphatic heterocycles. The molecule has 0 aromatic heterocycles. The van der Waals surface area contributed by atoms with Crippen molar-refractivity contribution in [3.05, 3.63) is 95.8 Å². The lowest BCUT2D eigenvalue weighted by Crippen LogP contribution is -2.48. The average Bonchev–Trinajstić information content (AvgIpc) is 2.84. The van der Waals surface area contributed by atoms with E-state index in [1.807, 2.05) is 48.5 Å². The predicted molar refractivity (Wildman–Crippen MR) is 138 cm³/mol. The lowest BCUT2D eigenvalue weighted by Gasteiger charge is -2.39. The molecule has 3 aromatic rings. The SMILES string of the molecule is CCCC1CN(CCOc2cccc(F)c2)C1.Oc1ccc2c(c1)CCCC2.c1ccccc1. The Morgan fingerprint density at radius 1 is 0.882 bits per heavy atom. The lowest BCUT2D eigenvalue weighted by atomic mass is 9.92. The second kappa shape index (κ2) is 14.4. The fourth-order valence-electron chi connectivity index (χ4n) is 4.40. The summed E-state index contributed by atoms with van der Waals surface area (Å²) in [6.07, 6.45) is 7.52. The molecular formula is C30H38FNO2. The summed E-state index contributed by atoms with van der Waals surface area (Å²) in [6.45, 7) is 6.20. The highest BCUT2D eigenvalue weighted by Gasteiger charge is 2.24. The van der Waals surface area contributed by atoms with E-state index in [9.17, 15) is 9.50 Å². The molecule has 3 aromatic carbocycles. The van der Waals surface area contributed by atoms with Crippen molar-refractivity contribution >= 4 is 0 Å². The monoisotopic (exact) mass is 463 g/mol. The van der Waals surface area contributed by atoms with Gasteiger partial charge in [0.1, 0.15) is 23.9 Å². The van der Waals surface area contributed by atoms with Crippen LogP contribution in [0.5, 0.6) is 11.5 Å². The Morgan fingerprint density at radius 3 is 2.21 bits per heavy atom. The number of phenolic OH excluding ortho intramolecular Hbond substituents is 1. The summed E-state index contributed by atoms with van der Waals surface area (Å²) in [5, 5.41) is 9.19. The van der Waals surface area contributed by atoms with Crippen LogP contribution in [0.2, 0.25) is 0 Å². The maximum Gasteiger partial charge on any atom is 0.126 e. The van der Waals surface area contributed by atoms with Crippen LogP contribution in [0.1, 0.15) is 43.7 Å². The number of aryl methyl sites for hydroxylation is 2. The smallest absolute Gasteiger partial charge is 0.126 e. The zero-order chi connectivity index (χ0) is 24.0. The minimum Gasteiger partial charge on any atom is -0.508 e. The van der Waals surface area contributed by atoms with Gasteiger partial charge in [-0.3, -0.25) is 4.90 Å². The van der Waals surface area contributed by atoms with Crippen molar-refractivity contribution < 1.29 is 14.2 Å². The number of hydrogen-bond acceptors (Lipinski definition) is 3. The van der Waals surface area contributed by atoms with E-state index >= 15 is 0 Å². The number of fused-ring (bicyclic) bond motifs is 1. The van der Waals surface area contributed by atoms with Gasteiger partial charge in [0, 0.05) is 25.7 Å². The number of benzene rings is 3. The van der Waals surface area contributed by atoms with E-state index in [0.29, 0.717) is 18.1 Å². The summed E-state index contributed by atoms with van der Waals surface area (Å²) in [4.78, 5) is 2.39. The number of ether oxygens (including phenoxy) is 1. The first-order valence-corrected chi connectivity index (χ1v) is 12.6. The zero-order valence-electron chi connectivity index (χ0n) is 20.3. The van der Waals surface area contributed by atoms with Crippen LogP contribution in [0.15, 0.2) is 78.9 Å². The minimum atomic E-state index is -0.241. The molecule has 2 aliphatic rings. The van der Waals surface area contributed by atoms with Crippen molar-refractivity contribution in [3.63, 3.8) is 0 Å². The Kier molecular flexibility index (Phi) is 10.9. The zero-order valence-corrected chi connectivity index (χ0v) is 20.3. The number of likely N-dealkylation sites (tertiary alicyclic amines) is 1. The van der Waals surface area contributed by atoms with Crippen molar-refractivity contribution in [1.82, 2.24) is 4.90 Å². The number of nitrogens with zero attached hydrogens (tertiary/aromatic N) is 1. The topological polar surface area (TPSA) is 32.7 Å². The molecule has 1 heterocycles. The number of phenols is 1. The van der Waals surface area contributed by atoms with Gasteiger partial charge in [-0.2, -0.15) is 0 Å². The van der Waals surface area contributed by atoms with Gasteiger partial charge >= 0.3 is 0 Å². The van der Waals surface area contributed by atoms with Gasteiger partial charge < -0.3 is 9.84 Å². The number of halogens is 1. The highest BCUT2D eigenvalue weighted by atomic mass is 19.1. The fourth-order valence-corrected chi connectivity index (χ4v) is 4.40. The van der Waals surface area contributed by atoms with Crippen LogP contribution in [-0.2, 0) is 12.8 Å². The van der Waals surface area contributed by atoms with Crippen LogP contribution >= 0.6 is 0 Å². The van der Waals surface area contributed by atoms with Crippen LogP contribution in [0, 0.1) is 11.7 Å². The van der Waals surface area contributed by atoms with Crippen molar-refractivity contribution in [2.75, 3.05) is 26.2 Å². The minimum absolute atomic E-state index is 0.241. The molecular weight excluding hydrogens is 425 g/mol. The first-order chi connectivity index (χ1) is 16.6. The van der Waals surface area contributed by atoms with E-state index in [-0.39, 0.29) is 5.82 Å². The number of rotatable bonds is 6. The van der Waals surface area contributed by atoms with Gasteiger partial charge in [0.2, 0.25) is 0 Å². The van der Waals surface area contributed by atoms with Crippen LogP contribution in [0.4, 0.5) is 4.39 Å². The Hall–Kier alpha value is -2.85. The van der Waals surface area contributed by atoms with Gasteiger partial charge in [-0.25, -0.2) is 4.39 Å². The quantitative estimate of drug-likeness (QED) is 0.432. The van der Waals surface area contributed by atoms with Crippen molar-refractivity contribution in [2.45, 2.75) is 45.4 Å². The third-order valence-corrected chi connectivity index (χ3v) is 6.20. The highest BCUT2D eigenvalue weighted by Crippen LogP contribution is 2.24. The van der Waals surface area contributed by atoms with E-state index in [2.05, 4.69) is 11.8 Å². The summed E-state index contributed by atoms with van der Waals surface area (Å²) in [5.74, 6) is 1.67. The molecule has 0 amide bonds. The number of aromatic hydroxyl groups is 1. The first-order valence-electron chi connectivity index (χ1n) is 12.6. The largest absolute Gasteiger partial charge is 0.508 e. The van der Waals surface area contributed by atoms with Gasteiger partial charge in [-0.1, -0.05) is 61.9 Å². The molecule has 34 heavy (non-hydrogen) atoms. The Morgan fingerprint density at radius 2 is 1.56 bits per heavy atom. The Labute approximate surface area is 204 Å². The molecule has 3 nitrogen and oxygen atoms in total. The molecule has 0 unspecified atom stereocenters.